The van der Waals surface area contributed by atoms with Gasteiger partial charge in [-0.05, 0) is 18.5 Å². The second-order valence-electron chi connectivity index (χ2n) is 5.06. The molecule has 1 unspecified atom stereocenters. The zero-order chi connectivity index (χ0) is 13.9. The summed E-state index contributed by atoms with van der Waals surface area (Å²) in [4.78, 5) is 0. The lowest BCUT2D eigenvalue weighted by Crippen LogP contribution is -2.54. The molecule has 0 bridgehead atoms. The van der Waals surface area contributed by atoms with Crippen LogP contribution in [0.2, 0.25) is 0 Å². The molecule has 0 spiro atoms. The van der Waals surface area contributed by atoms with Crippen molar-refractivity contribution in [3.05, 3.63) is 23.8 Å². The molecule has 1 atom stereocenters. The zero-order valence-electron chi connectivity index (χ0n) is 11.9. The normalized spacial score (nSPS) is 18.5. The quantitative estimate of drug-likeness (QED) is 0.854. The molecular weight excluding hydrogens is 242 g/mol. The van der Waals surface area contributed by atoms with E-state index in [0.717, 1.165) is 17.9 Å². The summed E-state index contributed by atoms with van der Waals surface area (Å²) in [5, 5.41) is 0. The maximum Gasteiger partial charge on any atom is 0.126 e. The number of hydrogen-bond donors (Lipinski definition) is 1. The van der Waals surface area contributed by atoms with E-state index in [1.165, 1.54) is 5.56 Å². The van der Waals surface area contributed by atoms with Crippen LogP contribution in [0.25, 0.3) is 0 Å². The molecular formula is C15H23NO3. The first-order chi connectivity index (χ1) is 9.21. The molecule has 106 valence electrons. The molecule has 1 aliphatic heterocycles. The largest absolute Gasteiger partial charge is 0.497 e. The molecule has 19 heavy (non-hydrogen) atoms. The number of rotatable bonds is 6. The summed E-state index contributed by atoms with van der Waals surface area (Å²) in [6, 6.07) is 5.98. The van der Waals surface area contributed by atoms with Crippen LogP contribution < -0.4 is 15.2 Å². The second kappa shape index (κ2) is 5.80. The van der Waals surface area contributed by atoms with Crippen molar-refractivity contribution < 1.29 is 14.2 Å². The predicted octanol–water partition coefficient (Wildman–Crippen LogP) is 1.96. The Morgan fingerprint density at radius 2 is 2.05 bits per heavy atom. The van der Waals surface area contributed by atoms with Gasteiger partial charge in [0.15, 0.2) is 0 Å². The van der Waals surface area contributed by atoms with Crippen LogP contribution in [-0.4, -0.2) is 34.0 Å². The highest BCUT2D eigenvalue weighted by Gasteiger charge is 2.47. The number of methoxy groups -OCH3 is 2. The van der Waals surface area contributed by atoms with E-state index in [2.05, 4.69) is 13.0 Å². The summed E-state index contributed by atoms with van der Waals surface area (Å²) in [6.07, 6.45) is 1.04. The van der Waals surface area contributed by atoms with Crippen molar-refractivity contribution in [1.29, 1.82) is 0 Å². The minimum atomic E-state index is -0.0128. The summed E-state index contributed by atoms with van der Waals surface area (Å²) in [6.45, 7) is 4.26. The molecule has 4 nitrogen and oxygen atoms in total. The van der Waals surface area contributed by atoms with Gasteiger partial charge in [-0.15, -0.1) is 0 Å². The first kappa shape index (κ1) is 14.2. The van der Waals surface area contributed by atoms with E-state index in [-0.39, 0.29) is 5.41 Å². The lowest BCUT2D eigenvalue weighted by atomic mass is 9.67. The third-order valence-electron chi connectivity index (χ3n) is 4.22. The summed E-state index contributed by atoms with van der Waals surface area (Å²) < 4.78 is 16.3. The van der Waals surface area contributed by atoms with Crippen molar-refractivity contribution in [2.45, 2.75) is 18.8 Å². The zero-order valence-corrected chi connectivity index (χ0v) is 11.9. The molecule has 0 aromatic heterocycles. The molecule has 0 amide bonds. The highest BCUT2D eigenvalue weighted by molar-refractivity contribution is 5.46. The van der Waals surface area contributed by atoms with Gasteiger partial charge in [0, 0.05) is 17.0 Å². The van der Waals surface area contributed by atoms with Gasteiger partial charge in [0.05, 0.1) is 27.4 Å². The van der Waals surface area contributed by atoms with Gasteiger partial charge in [0.1, 0.15) is 11.5 Å². The average molecular weight is 265 g/mol. The van der Waals surface area contributed by atoms with E-state index in [1.54, 1.807) is 14.2 Å². The lowest BCUT2D eigenvalue weighted by Gasteiger charge is -2.47. The number of benzene rings is 1. The van der Waals surface area contributed by atoms with Gasteiger partial charge in [-0.25, -0.2) is 0 Å². The van der Waals surface area contributed by atoms with Crippen molar-refractivity contribution in [3.63, 3.8) is 0 Å². The molecule has 1 saturated heterocycles. The fourth-order valence-corrected chi connectivity index (χ4v) is 2.93. The molecule has 4 heteroatoms. The van der Waals surface area contributed by atoms with Crippen molar-refractivity contribution in [3.8, 4) is 11.5 Å². The van der Waals surface area contributed by atoms with Gasteiger partial charge in [0.2, 0.25) is 0 Å². The molecule has 1 fully saturated rings. The first-order valence-electron chi connectivity index (χ1n) is 6.72. The van der Waals surface area contributed by atoms with E-state index >= 15 is 0 Å². The SMILES string of the molecule is CCC(CN)C1(c2ccc(OC)cc2OC)COC1. The molecule has 1 aromatic carbocycles. The Kier molecular flexibility index (Phi) is 4.32. The van der Waals surface area contributed by atoms with E-state index in [9.17, 15) is 0 Å². The Hall–Kier alpha value is -1.26. The molecule has 1 heterocycles. The molecule has 1 aromatic rings. The molecule has 0 aliphatic carbocycles. The highest BCUT2D eigenvalue weighted by atomic mass is 16.5. The molecule has 2 rings (SSSR count). The van der Waals surface area contributed by atoms with Crippen LogP contribution in [0, 0.1) is 5.92 Å². The topological polar surface area (TPSA) is 53.7 Å². The summed E-state index contributed by atoms with van der Waals surface area (Å²) in [5.41, 5.74) is 7.11. The Balaban J connectivity index is 2.43. The van der Waals surface area contributed by atoms with Crippen LogP contribution in [0.5, 0.6) is 11.5 Å². The summed E-state index contributed by atoms with van der Waals surface area (Å²) >= 11 is 0. The Morgan fingerprint density at radius 1 is 1.32 bits per heavy atom. The summed E-state index contributed by atoms with van der Waals surface area (Å²) in [7, 11) is 3.35. The fourth-order valence-electron chi connectivity index (χ4n) is 2.93. The van der Waals surface area contributed by atoms with Crippen LogP contribution in [0.1, 0.15) is 18.9 Å². The Morgan fingerprint density at radius 3 is 2.47 bits per heavy atom. The smallest absolute Gasteiger partial charge is 0.126 e. The van der Waals surface area contributed by atoms with E-state index in [1.807, 2.05) is 12.1 Å². The van der Waals surface area contributed by atoms with Gasteiger partial charge in [-0.1, -0.05) is 19.4 Å². The second-order valence-corrected chi connectivity index (χ2v) is 5.06. The first-order valence-corrected chi connectivity index (χ1v) is 6.72. The number of ether oxygens (including phenoxy) is 3. The monoisotopic (exact) mass is 265 g/mol. The number of hydrogen-bond acceptors (Lipinski definition) is 4. The fraction of sp³-hybridized carbons (Fsp3) is 0.600. The van der Waals surface area contributed by atoms with Gasteiger partial charge in [0.25, 0.3) is 0 Å². The predicted molar refractivity (Wildman–Crippen MR) is 74.9 cm³/mol. The van der Waals surface area contributed by atoms with Gasteiger partial charge >= 0.3 is 0 Å². The van der Waals surface area contributed by atoms with Crippen molar-refractivity contribution in [1.82, 2.24) is 0 Å². The maximum absolute atomic E-state index is 5.94. The molecule has 2 N–H and O–H groups in total. The minimum absolute atomic E-state index is 0.0128. The van der Waals surface area contributed by atoms with Gasteiger partial charge in [-0.3, -0.25) is 0 Å². The van der Waals surface area contributed by atoms with Crippen molar-refractivity contribution in [2.24, 2.45) is 11.7 Å². The lowest BCUT2D eigenvalue weighted by molar-refractivity contribution is -0.0906. The van der Waals surface area contributed by atoms with Crippen molar-refractivity contribution >= 4 is 0 Å². The van der Waals surface area contributed by atoms with Gasteiger partial charge < -0.3 is 19.9 Å². The molecule has 0 saturated carbocycles. The van der Waals surface area contributed by atoms with Crippen molar-refractivity contribution in [2.75, 3.05) is 34.0 Å². The maximum atomic E-state index is 5.94. The van der Waals surface area contributed by atoms with Gasteiger partial charge in [-0.2, -0.15) is 0 Å². The van der Waals surface area contributed by atoms with Crippen LogP contribution >= 0.6 is 0 Å². The van der Waals surface area contributed by atoms with E-state index in [4.69, 9.17) is 19.9 Å². The third kappa shape index (κ3) is 2.30. The highest BCUT2D eigenvalue weighted by Crippen LogP contribution is 2.45. The van der Waals surface area contributed by atoms with E-state index < -0.39 is 0 Å². The Bertz CT molecular complexity index is 425. The van der Waals surface area contributed by atoms with Crippen LogP contribution in [0.15, 0.2) is 18.2 Å². The standard InChI is InChI=1S/C15H23NO3/c1-4-11(8-16)15(9-19-10-15)13-6-5-12(17-2)7-14(13)18-3/h5-7,11H,4,8-10,16H2,1-3H3. The number of nitrogens with two attached hydrogens (primary N) is 1. The van der Waals surface area contributed by atoms with Crippen LogP contribution in [0.4, 0.5) is 0 Å². The third-order valence-corrected chi connectivity index (χ3v) is 4.22. The molecule has 1 aliphatic rings. The van der Waals surface area contributed by atoms with Crippen LogP contribution in [0.3, 0.4) is 0 Å². The average Bonchev–Trinajstić information content (AvgIpc) is 2.42. The summed E-state index contributed by atoms with van der Waals surface area (Å²) in [5.74, 6) is 2.06. The minimum Gasteiger partial charge on any atom is -0.497 e. The van der Waals surface area contributed by atoms with Crippen LogP contribution in [-0.2, 0) is 10.2 Å². The molecule has 0 radical (unpaired) electrons. The Labute approximate surface area is 114 Å². The van der Waals surface area contributed by atoms with E-state index in [0.29, 0.717) is 25.7 Å².